The number of nitrogens with two attached hydrogens (primary N) is 1. The molecule has 2 amide bonds. The van der Waals surface area contributed by atoms with Crippen molar-refractivity contribution in [3.63, 3.8) is 0 Å². The van der Waals surface area contributed by atoms with E-state index in [0.29, 0.717) is 28.9 Å². The molecule has 0 heterocycles. The minimum absolute atomic E-state index is 0. The fourth-order valence-electron chi connectivity index (χ4n) is 5.77. The van der Waals surface area contributed by atoms with Crippen molar-refractivity contribution in [2.45, 2.75) is 33.4 Å². The molecule has 5 aromatic rings. The molecule has 0 atom stereocenters. The quantitative estimate of drug-likeness (QED) is 0.0634. The molecule has 0 aliphatic heterocycles. The van der Waals surface area contributed by atoms with E-state index in [4.69, 9.17) is 15.4 Å². The molecule has 16 heteroatoms. The molecule has 5 aromatic carbocycles. The van der Waals surface area contributed by atoms with Crippen LogP contribution >= 0.6 is 0 Å². The number of methoxy groups -OCH3 is 1. The van der Waals surface area contributed by atoms with E-state index in [2.05, 4.69) is 15.6 Å². The van der Waals surface area contributed by atoms with Crippen LogP contribution in [0, 0.1) is 20.2 Å². The number of carbonyl (C=O) groups excluding carboxylic acids is 3. The van der Waals surface area contributed by atoms with Gasteiger partial charge in [0, 0.05) is 37.1 Å². The number of amides is 2. The van der Waals surface area contributed by atoms with Gasteiger partial charge in [0.15, 0.2) is 11.5 Å². The van der Waals surface area contributed by atoms with Crippen molar-refractivity contribution < 1.29 is 38.5 Å². The molecule has 0 saturated carbocycles. The van der Waals surface area contributed by atoms with Crippen molar-refractivity contribution in [1.29, 1.82) is 0 Å². The smallest absolute Gasteiger partial charge is 0.424 e. The maximum atomic E-state index is 12.9. The van der Waals surface area contributed by atoms with Crippen LogP contribution in [0.15, 0.2) is 121 Å². The Morgan fingerprint density at radius 2 is 1.26 bits per heavy atom. The number of hydrogen-bond acceptors (Lipinski definition) is 12. The maximum Gasteiger partial charge on any atom is 0.424 e. The lowest BCUT2D eigenvalue weighted by molar-refractivity contribution is -0.385. The molecule has 1 aliphatic carbocycles. The van der Waals surface area contributed by atoms with Gasteiger partial charge in [-0.05, 0) is 34.4 Å². The van der Waals surface area contributed by atoms with E-state index in [1.165, 1.54) is 19.1 Å². The van der Waals surface area contributed by atoms with Crippen LogP contribution in [0.3, 0.4) is 0 Å². The van der Waals surface area contributed by atoms with Crippen LogP contribution in [0.25, 0.3) is 11.1 Å². The van der Waals surface area contributed by atoms with E-state index in [1.54, 1.807) is 55.6 Å². The molecule has 0 radical (unpaired) electrons. The number of benzene rings is 5. The first-order valence-electron chi connectivity index (χ1n) is 17.1. The summed E-state index contributed by atoms with van der Waals surface area (Å²) in [5, 5.41) is 25.5. The van der Waals surface area contributed by atoms with E-state index >= 15 is 0 Å². The second kappa shape index (κ2) is 22.3. The predicted octanol–water partition coefficient (Wildman–Crippen LogP) is 6.86. The molecule has 1 aliphatic rings. The molecular formula is C41H44N6O10. The number of nitro benzene ring substituents is 2. The van der Waals surface area contributed by atoms with E-state index in [9.17, 15) is 34.6 Å². The van der Waals surface area contributed by atoms with Gasteiger partial charge in [0.1, 0.15) is 12.9 Å². The number of hydrazine groups is 1. The first-order chi connectivity index (χ1) is 27.1. The number of para-hydroxylation sites is 4. The van der Waals surface area contributed by atoms with Crippen molar-refractivity contribution in [1.82, 2.24) is 15.8 Å². The molecule has 298 valence electrons. The minimum atomic E-state index is -0.716. The normalized spacial score (nSPS) is 10.6. The van der Waals surface area contributed by atoms with Gasteiger partial charge < -0.3 is 24.4 Å². The number of fused-ring (bicyclic) bond motifs is 3. The Morgan fingerprint density at radius 1 is 0.772 bits per heavy atom. The third-order valence-corrected chi connectivity index (χ3v) is 8.35. The van der Waals surface area contributed by atoms with Gasteiger partial charge in [0.25, 0.3) is 11.4 Å². The number of ether oxygens (including phenoxy) is 2. The standard InChI is InChI=1S/C24H21N3O5.C9H10N2O3.C7H9NO2.CH4/c28-14-13-25-26(15-17-7-1-6-12-23(17)27(30)31)24(29)32-16-22-20-10-4-2-8-18(20)19-9-3-5-11-21(19)22;1-7(12)10-6-8-4-2-3-5-9(8)11(13)14;1-9-6-4-2-3-5-7(6)10-8;/h1-12,14,22,25H,13,15-16H2;2-5H,6H2,1H3,(H,10,12);2-5H,8H2,1H3;1H4. The fourth-order valence-corrected chi connectivity index (χ4v) is 5.77. The largest absolute Gasteiger partial charge is 0.493 e. The van der Waals surface area contributed by atoms with Gasteiger partial charge in [-0.15, -0.1) is 0 Å². The zero-order valence-electron chi connectivity index (χ0n) is 30.5. The minimum Gasteiger partial charge on any atom is -0.493 e. The lowest BCUT2D eigenvalue weighted by atomic mass is 9.98. The highest BCUT2D eigenvalue weighted by atomic mass is 16.6. The van der Waals surface area contributed by atoms with Crippen LogP contribution in [-0.4, -0.2) is 53.4 Å². The summed E-state index contributed by atoms with van der Waals surface area (Å²) in [4.78, 5) is 59.8. The second-order valence-electron chi connectivity index (χ2n) is 11.9. The average Bonchev–Trinajstić information content (AvgIpc) is 3.54. The number of rotatable bonds is 13. The van der Waals surface area contributed by atoms with Crippen molar-refractivity contribution in [2.24, 2.45) is 5.90 Å². The van der Waals surface area contributed by atoms with E-state index in [-0.39, 0.29) is 56.9 Å². The third-order valence-electron chi connectivity index (χ3n) is 8.35. The average molecular weight is 781 g/mol. The highest BCUT2D eigenvalue weighted by molar-refractivity contribution is 5.79. The second-order valence-corrected chi connectivity index (χ2v) is 11.9. The number of nitrogens with zero attached hydrogens (tertiary/aromatic N) is 3. The van der Waals surface area contributed by atoms with E-state index < -0.39 is 15.9 Å². The summed E-state index contributed by atoms with van der Waals surface area (Å²) in [6.07, 6.45) is -0.116. The summed E-state index contributed by atoms with van der Waals surface area (Å²) < 4.78 is 10.5. The number of nitrogens with one attached hydrogen (secondary N) is 2. The number of hydrogen-bond donors (Lipinski definition) is 3. The van der Waals surface area contributed by atoms with Gasteiger partial charge in [0.2, 0.25) is 5.91 Å². The summed E-state index contributed by atoms with van der Waals surface area (Å²) in [5.41, 5.74) is 7.79. The molecule has 0 bridgehead atoms. The van der Waals surface area contributed by atoms with Gasteiger partial charge in [-0.3, -0.25) is 25.0 Å². The van der Waals surface area contributed by atoms with Crippen molar-refractivity contribution in [3.8, 4) is 22.6 Å². The van der Waals surface area contributed by atoms with Crippen LogP contribution in [0.2, 0.25) is 0 Å². The fraction of sp³-hybridized carbons (Fsp3) is 0.195. The van der Waals surface area contributed by atoms with Crippen molar-refractivity contribution in [2.75, 3.05) is 20.3 Å². The third kappa shape index (κ3) is 12.2. The van der Waals surface area contributed by atoms with E-state index in [0.717, 1.165) is 27.3 Å². The van der Waals surface area contributed by atoms with E-state index in [1.807, 2.05) is 60.7 Å². The molecule has 4 N–H and O–H groups in total. The monoisotopic (exact) mass is 780 g/mol. The summed E-state index contributed by atoms with van der Waals surface area (Å²) in [7, 11) is 1.57. The summed E-state index contributed by atoms with van der Waals surface area (Å²) >= 11 is 0. The molecule has 57 heavy (non-hydrogen) atoms. The predicted molar refractivity (Wildman–Crippen MR) is 213 cm³/mol. The Bertz CT molecular complexity index is 2080. The summed E-state index contributed by atoms with van der Waals surface area (Å²) in [6, 6.07) is 35.6. The molecule has 6 rings (SSSR count). The highest BCUT2D eigenvalue weighted by Gasteiger charge is 2.30. The Balaban J connectivity index is 0.000000286. The molecule has 0 unspecified atom stereocenters. The molecule has 0 fully saturated rings. The zero-order valence-corrected chi connectivity index (χ0v) is 30.5. The van der Waals surface area contributed by atoms with Crippen LogP contribution in [0.5, 0.6) is 11.5 Å². The Hall–Kier alpha value is -7.17. The van der Waals surface area contributed by atoms with Crippen LogP contribution in [0.1, 0.15) is 42.5 Å². The molecule has 0 spiro atoms. The lowest BCUT2D eigenvalue weighted by Crippen LogP contribution is -2.43. The SMILES string of the molecule is C.CC(=O)NCc1ccccc1[N+](=O)[O-].COc1ccccc1ON.O=CCNN(Cc1ccccc1[N+](=O)[O-])C(=O)OCC1c2ccccc2-c2ccccc21. The number of aldehydes is 1. The first-order valence-corrected chi connectivity index (χ1v) is 17.1. The summed E-state index contributed by atoms with van der Waals surface area (Å²) in [6.45, 7) is 1.40. The zero-order chi connectivity index (χ0) is 40.5. The van der Waals surface area contributed by atoms with Crippen molar-refractivity contribution >= 4 is 29.7 Å². The Kier molecular flexibility index (Phi) is 17.3. The topological polar surface area (TPSA) is 218 Å². The number of carbonyl (C=O) groups is 3. The van der Waals surface area contributed by atoms with Gasteiger partial charge in [0.05, 0.1) is 35.6 Å². The van der Waals surface area contributed by atoms with Gasteiger partial charge >= 0.3 is 6.09 Å². The van der Waals surface area contributed by atoms with Gasteiger partial charge in [-0.25, -0.2) is 15.2 Å². The number of nitro groups is 2. The Labute approximate surface area is 329 Å². The Morgan fingerprint density at radius 3 is 1.77 bits per heavy atom. The van der Waals surface area contributed by atoms with Crippen LogP contribution in [0.4, 0.5) is 16.2 Å². The molecular weight excluding hydrogens is 736 g/mol. The molecule has 0 saturated heterocycles. The summed E-state index contributed by atoms with van der Waals surface area (Å²) in [5.74, 6) is 5.81. The lowest BCUT2D eigenvalue weighted by Gasteiger charge is -2.23. The molecule has 16 nitrogen and oxygen atoms in total. The van der Waals surface area contributed by atoms with Crippen LogP contribution < -0.4 is 26.2 Å². The van der Waals surface area contributed by atoms with Crippen molar-refractivity contribution in [3.05, 3.63) is 164 Å². The van der Waals surface area contributed by atoms with Gasteiger partial charge in [-0.1, -0.05) is 104 Å². The first kappa shape index (κ1) is 44.2. The van der Waals surface area contributed by atoms with Gasteiger partial charge in [-0.2, -0.15) is 5.90 Å². The highest BCUT2D eigenvalue weighted by Crippen LogP contribution is 2.44. The molecule has 0 aromatic heterocycles. The maximum absolute atomic E-state index is 12.9. The van der Waals surface area contributed by atoms with Crippen LogP contribution in [-0.2, 0) is 27.4 Å².